The number of aromatic amines is 1. The maximum Gasteiger partial charge on any atom is 0.281 e. The first-order valence-electron chi connectivity index (χ1n) is 5.93. The van der Waals surface area contributed by atoms with E-state index in [-0.39, 0.29) is 6.54 Å². The average Bonchev–Trinajstić information content (AvgIpc) is 2.71. The second-order valence-corrected chi connectivity index (χ2v) is 6.42. The molecule has 0 amide bonds. The minimum atomic E-state index is -3.43. The number of unbranched alkanes of at least 4 members (excludes halogenated alkanes) is 1. The highest BCUT2D eigenvalue weighted by molar-refractivity contribution is 7.86. The van der Waals surface area contributed by atoms with Crippen molar-refractivity contribution in [2.45, 2.75) is 33.2 Å². The summed E-state index contributed by atoms with van der Waals surface area (Å²) in [7, 11) is -0.308. The summed E-state index contributed by atoms with van der Waals surface area (Å²) in [5, 5.41) is 6.62. The summed E-state index contributed by atoms with van der Waals surface area (Å²) in [6, 6.07) is 0. The molecule has 1 aromatic heterocycles. The van der Waals surface area contributed by atoms with Gasteiger partial charge in [0.05, 0.1) is 6.54 Å². The smallest absolute Gasteiger partial charge is 0.263 e. The first-order valence-corrected chi connectivity index (χ1v) is 7.33. The predicted octanol–water partition coefficient (Wildman–Crippen LogP) is 0.522. The Kier molecular flexibility index (Phi) is 5.24. The van der Waals surface area contributed by atoms with Crippen molar-refractivity contribution in [3.63, 3.8) is 0 Å². The highest BCUT2D eigenvalue weighted by Crippen LogP contribution is 2.08. The normalized spacial score (nSPS) is 12.6. The molecule has 0 aromatic carbocycles. The van der Waals surface area contributed by atoms with Crippen molar-refractivity contribution in [2.75, 3.05) is 20.6 Å². The van der Waals surface area contributed by atoms with Crippen molar-refractivity contribution in [1.82, 2.24) is 23.8 Å². The maximum atomic E-state index is 12.1. The van der Waals surface area contributed by atoms with Crippen LogP contribution >= 0.6 is 0 Å². The lowest BCUT2D eigenvalue weighted by atomic mass is 10.3. The second-order valence-electron chi connectivity index (χ2n) is 4.28. The fourth-order valence-corrected chi connectivity index (χ4v) is 2.59. The SMILES string of the molecule is CCCCN(C)S(=O)(=O)N(C)Cc1n[nH]c(C)n1. The van der Waals surface area contributed by atoms with Gasteiger partial charge in [-0.2, -0.15) is 22.1 Å². The summed E-state index contributed by atoms with van der Waals surface area (Å²) < 4.78 is 26.9. The number of aromatic nitrogens is 3. The summed E-state index contributed by atoms with van der Waals surface area (Å²) in [5.74, 6) is 1.15. The highest BCUT2D eigenvalue weighted by atomic mass is 32.2. The fraction of sp³-hybridized carbons (Fsp3) is 0.800. The molecule has 0 aliphatic rings. The van der Waals surface area contributed by atoms with E-state index in [4.69, 9.17) is 0 Å². The molecule has 0 saturated heterocycles. The van der Waals surface area contributed by atoms with E-state index in [2.05, 4.69) is 15.2 Å². The Morgan fingerprint density at radius 3 is 2.44 bits per heavy atom. The van der Waals surface area contributed by atoms with Crippen LogP contribution in [0.3, 0.4) is 0 Å². The fourth-order valence-electron chi connectivity index (χ4n) is 1.47. The number of nitrogens with zero attached hydrogens (tertiary/aromatic N) is 4. The van der Waals surface area contributed by atoms with E-state index >= 15 is 0 Å². The van der Waals surface area contributed by atoms with Crippen LogP contribution in [0, 0.1) is 6.92 Å². The Labute approximate surface area is 108 Å². The van der Waals surface area contributed by atoms with Crippen LogP contribution < -0.4 is 0 Å². The first kappa shape index (κ1) is 15.1. The van der Waals surface area contributed by atoms with Crippen LogP contribution in [0.2, 0.25) is 0 Å². The van der Waals surface area contributed by atoms with Crippen molar-refractivity contribution < 1.29 is 8.42 Å². The lowest BCUT2D eigenvalue weighted by Crippen LogP contribution is -2.39. The molecule has 1 N–H and O–H groups in total. The minimum absolute atomic E-state index is 0.170. The molecule has 0 radical (unpaired) electrons. The molecule has 0 fully saturated rings. The van der Waals surface area contributed by atoms with E-state index in [1.807, 2.05) is 6.92 Å². The summed E-state index contributed by atoms with van der Waals surface area (Å²) in [5.41, 5.74) is 0. The number of hydrogen-bond acceptors (Lipinski definition) is 4. The molecule has 0 unspecified atom stereocenters. The number of nitrogens with one attached hydrogen (secondary N) is 1. The largest absolute Gasteiger partial charge is 0.281 e. The van der Waals surface area contributed by atoms with Gasteiger partial charge in [0.25, 0.3) is 10.2 Å². The van der Waals surface area contributed by atoms with E-state index in [0.717, 1.165) is 12.8 Å². The van der Waals surface area contributed by atoms with Crippen LogP contribution in [0.25, 0.3) is 0 Å². The summed E-state index contributed by atoms with van der Waals surface area (Å²) in [6.07, 6.45) is 1.81. The third-order valence-electron chi connectivity index (χ3n) is 2.62. The van der Waals surface area contributed by atoms with Gasteiger partial charge in [-0.1, -0.05) is 13.3 Å². The van der Waals surface area contributed by atoms with E-state index < -0.39 is 10.2 Å². The van der Waals surface area contributed by atoms with Gasteiger partial charge in [0.2, 0.25) is 0 Å². The number of aryl methyl sites for hydroxylation is 1. The van der Waals surface area contributed by atoms with Crippen molar-refractivity contribution in [3.05, 3.63) is 11.6 Å². The molecule has 0 spiro atoms. The van der Waals surface area contributed by atoms with E-state index in [0.29, 0.717) is 18.2 Å². The third-order valence-corrected chi connectivity index (χ3v) is 4.51. The van der Waals surface area contributed by atoms with Crippen molar-refractivity contribution in [2.24, 2.45) is 0 Å². The Morgan fingerprint density at radius 1 is 1.28 bits per heavy atom. The molecule has 0 aliphatic carbocycles. The van der Waals surface area contributed by atoms with Crippen molar-refractivity contribution in [1.29, 1.82) is 0 Å². The minimum Gasteiger partial charge on any atom is -0.263 e. The molecule has 0 aliphatic heterocycles. The van der Waals surface area contributed by atoms with Crippen molar-refractivity contribution in [3.8, 4) is 0 Å². The molecule has 0 saturated carbocycles. The molecular weight excluding hydrogens is 254 g/mol. The molecule has 1 aromatic rings. The van der Waals surface area contributed by atoms with Gasteiger partial charge < -0.3 is 0 Å². The quantitative estimate of drug-likeness (QED) is 0.786. The topological polar surface area (TPSA) is 82.2 Å². The number of rotatable bonds is 7. The molecule has 8 heteroatoms. The molecule has 18 heavy (non-hydrogen) atoms. The van der Waals surface area contributed by atoms with E-state index in [9.17, 15) is 8.42 Å². The van der Waals surface area contributed by atoms with Crippen LogP contribution in [-0.4, -0.2) is 52.8 Å². The first-order chi connectivity index (χ1) is 8.37. The Bertz CT molecular complexity index is 470. The van der Waals surface area contributed by atoms with Crippen LogP contribution in [0.15, 0.2) is 0 Å². The van der Waals surface area contributed by atoms with Gasteiger partial charge >= 0.3 is 0 Å². The number of H-pyrrole nitrogens is 1. The zero-order chi connectivity index (χ0) is 13.8. The standard InChI is InChI=1S/C10H21N5O2S/c1-5-6-7-14(3)18(16,17)15(4)8-10-11-9(2)12-13-10/h5-8H2,1-4H3,(H,11,12,13). The summed E-state index contributed by atoms with van der Waals surface area (Å²) in [4.78, 5) is 4.09. The van der Waals surface area contributed by atoms with Gasteiger partial charge in [-0.05, 0) is 13.3 Å². The molecular formula is C10H21N5O2S. The van der Waals surface area contributed by atoms with Crippen LogP contribution in [0.1, 0.15) is 31.4 Å². The Balaban J connectivity index is 2.66. The van der Waals surface area contributed by atoms with Crippen LogP contribution in [0.5, 0.6) is 0 Å². The predicted molar refractivity (Wildman–Crippen MR) is 69.0 cm³/mol. The van der Waals surface area contributed by atoms with Gasteiger partial charge in [-0.3, -0.25) is 5.10 Å². The Hall–Kier alpha value is -0.990. The zero-order valence-electron chi connectivity index (χ0n) is 11.3. The van der Waals surface area contributed by atoms with Crippen LogP contribution in [-0.2, 0) is 16.8 Å². The molecule has 0 bridgehead atoms. The molecule has 104 valence electrons. The third kappa shape index (κ3) is 3.76. The summed E-state index contributed by atoms with van der Waals surface area (Å²) >= 11 is 0. The van der Waals surface area contributed by atoms with Gasteiger partial charge in [0, 0.05) is 20.6 Å². The zero-order valence-corrected chi connectivity index (χ0v) is 12.2. The monoisotopic (exact) mass is 275 g/mol. The lowest BCUT2D eigenvalue weighted by molar-refractivity contribution is 0.381. The average molecular weight is 275 g/mol. The summed E-state index contributed by atoms with van der Waals surface area (Å²) in [6.45, 7) is 4.50. The molecule has 1 rings (SSSR count). The molecule has 1 heterocycles. The lowest BCUT2D eigenvalue weighted by Gasteiger charge is -2.23. The van der Waals surface area contributed by atoms with E-state index in [1.165, 1.54) is 15.7 Å². The Morgan fingerprint density at radius 2 is 1.94 bits per heavy atom. The van der Waals surface area contributed by atoms with E-state index in [1.54, 1.807) is 14.0 Å². The number of hydrogen-bond donors (Lipinski definition) is 1. The molecule has 0 atom stereocenters. The highest BCUT2D eigenvalue weighted by Gasteiger charge is 2.24. The van der Waals surface area contributed by atoms with Crippen LogP contribution in [0.4, 0.5) is 0 Å². The second kappa shape index (κ2) is 6.26. The van der Waals surface area contributed by atoms with Gasteiger partial charge in [-0.25, -0.2) is 4.98 Å². The molecule has 7 nitrogen and oxygen atoms in total. The maximum absolute atomic E-state index is 12.1. The van der Waals surface area contributed by atoms with Gasteiger partial charge in [-0.15, -0.1) is 0 Å². The van der Waals surface area contributed by atoms with Gasteiger partial charge in [0.15, 0.2) is 5.82 Å². The van der Waals surface area contributed by atoms with Gasteiger partial charge in [0.1, 0.15) is 5.82 Å². The van der Waals surface area contributed by atoms with Crippen molar-refractivity contribution >= 4 is 10.2 Å².